The third-order valence-corrected chi connectivity index (χ3v) is 5.05. The molecule has 3 amide bonds. The van der Waals surface area contributed by atoms with Crippen LogP contribution in [0.5, 0.6) is 0 Å². The van der Waals surface area contributed by atoms with E-state index in [1.54, 1.807) is 0 Å². The maximum atomic E-state index is 13.0. The molecular formula is C21H36N4O7. The van der Waals surface area contributed by atoms with Crippen LogP contribution in [0.2, 0.25) is 0 Å². The van der Waals surface area contributed by atoms with E-state index in [1.165, 1.54) is 0 Å². The molecule has 4 atom stereocenters. The molecule has 32 heavy (non-hydrogen) atoms. The minimum atomic E-state index is -1.62. The lowest BCUT2D eigenvalue weighted by Crippen LogP contribution is -2.57. The highest BCUT2D eigenvalue weighted by Crippen LogP contribution is 2.11. The van der Waals surface area contributed by atoms with Gasteiger partial charge in [-0.15, -0.1) is 0 Å². The first kappa shape index (κ1) is 27.3. The van der Waals surface area contributed by atoms with Gasteiger partial charge in [-0.1, -0.05) is 27.7 Å². The summed E-state index contributed by atoms with van der Waals surface area (Å²) in [6.45, 7) is 8.20. The number of hydrogen-bond donors (Lipinski definition) is 6. The van der Waals surface area contributed by atoms with Crippen LogP contribution < -0.4 is 21.3 Å². The summed E-state index contributed by atoms with van der Waals surface area (Å²) in [5.41, 5.74) is 0. The smallest absolute Gasteiger partial charge is 0.326 e. The average Bonchev–Trinajstić information content (AvgIpc) is 3.20. The number of carboxylic acids is 2. The summed E-state index contributed by atoms with van der Waals surface area (Å²) >= 11 is 0. The largest absolute Gasteiger partial charge is 0.481 e. The summed E-state index contributed by atoms with van der Waals surface area (Å²) in [7, 11) is 0. The van der Waals surface area contributed by atoms with Gasteiger partial charge in [-0.05, 0) is 44.1 Å². The summed E-state index contributed by atoms with van der Waals surface area (Å²) in [6.07, 6.45) is 1.33. The molecule has 1 aliphatic rings. The highest BCUT2D eigenvalue weighted by Gasteiger charge is 2.32. The van der Waals surface area contributed by atoms with Crippen molar-refractivity contribution in [1.82, 2.24) is 21.3 Å². The Morgan fingerprint density at radius 1 is 0.844 bits per heavy atom. The van der Waals surface area contributed by atoms with Gasteiger partial charge < -0.3 is 31.5 Å². The highest BCUT2D eigenvalue weighted by molar-refractivity contribution is 5.94. The first-order chi connectivity index (χ1) is 14.9. The molecule has 1 rings (SSSR count). The van der Waals surface area contributed by atoms with Crippen LogP contribution in [0, 0.1) is 11.8 Å². The normalized spacial score (nSPS) is 18.6. The number of rotatable bonds is 13. The van der Waals surface area contributed by atoms with E-state index in [1.807, 2.05) is 27.7 Å². The molecule has 0 bridgehead atoms. The van der Waals surface area contributed by atoms with Gasteiger partial charge in [0.15, 0.2) is 0 Å². The van der Waals surface area contributed by atoms with E-state index in [0.29, 0.717) is 12.8 Å². The van der Waals surface area contributed by atoms with Gasteiger partial charge in [0.2, 0.25) is 17.7 Å². The predicted molar refractivity (Wildman–Crippen MR) is 116 cm³/mol. The molecule has 1 fully saturated rings. The molecule has 0 radical (unpaired) electrons. The second-order valence-electron chi connectivity index (χ2n) is 9.03. The van der Waals surface area contributed by atoms with Crippen molar-refractivity contribution in [2.75, 3.05) is 6.54 Å². The lowest BCUT2D eigenvalue weighted by molar-refractivity contribution is -0.147. The van der Waals surface area contributed by atoms with E-state index in [4.69, 9.17) is 5.11 Å². The maximum absolute atomic E-state index is 13.0. The number of carbonyl (C=O) groups is 5. The first-order valence-corrected chi connectivity index (χ1v) is 11.0. The minimum absolute atomic E-state index is 0.0189. The van der Waals surface area contributed by atoms with E-state index in [0.717, 1.165) is 13.0 Å². The summed E-state index contributed by atoms with van der Waals surface area (Å²) in [5.74, 6) is -4.39. The number of nitrogens with one attached hydrogen (secondary N) is 4. The molecule has 1 aliphatic heterocycles. The molecule has 0 aromatic carbocycles. The highest BCUT2D eigenvalue weighted by atomic mass is 16.4. The van der Waals surface area contributed by atoms with Crippen LogP contribution in [-0.4, -0.2) is 70.6 Å². The topological polar surface area (TPSA) is 174 Å². The lowest BCUT2D eigenvalue weighted by atomic mass is 9.99. The van der Waals surface area contributed by atoms with Crippen molar-refractivity contribution in [2.24, 2.45) is 11.8 Å². The molecule has 0 aromatic rings. The molecule has 182 valence electrons. The fraction of sp³-hybridized carbons (Fsp3) is 0.762. The molecule has 0 saturated carbocycles. The second-order valence-corrected chi connectivity index (χ2v) is 9.03. The molecule has 1 saturated heterocycles. The van der Waals surface area contributed by atoms with E-state index < -0.39 is 48.3 Å². The van der Waals surface area contributed by atoms with Crippen LogP contribution in [0.25, 0.3) is 0 Å². The molecule has 0 spiro atoms. The van der Waals surface area contributed by atoms with Crippen LogP contribution in [0.3, 0.4) is 0 Å². The Labute approximate surface area is 188 Å². The van der Waals surface area contributed by atoms with E-state index in [2.05, 4.69) is 21.3 Å². The van der Waals surface area contributed by atoms with Crippen LogP contribution in [0.15, 0.2) is 0 Å². The Hall–Kier alpha value is -2.69. The third-order valence-electron chi connectivity index (χ3n) is 5.05. The van der Waals surface area contributed by atoms with Gasteiger partial charge >= 0.3 is 11.9 Å². The quantitative estimate of drug-likeness (QED) is 0.222. The monoisotopic (exact) mass is 456 g/mol. The zero-order valence-electron chi connectivity index (χ0n) is 19.1. The Morgan fingerprint density at radius 2 is 1.34 bits per heavy atom. The summed E-state index contributed by atoms with van der Waals surface area (Å²) in [6, 6.07) is -3.92. The minimum Gasteiger partial charge on any atom is -0.481 e. The fourth-order valence-electron chi connectivity index (χ4n) is 3.51. The van der Waals surface area contributed by atoms with E-state index >= 15 is 0 Å². The van der Waals surface area contributed by atoms with Crippen molar-refractivity contribution in [3.63, 3.8) is 0 Å². The van der Waals surface area contributed by atoms with Gasteiger partial charge in [-0.25, -0.2) is 4.79 Å². The van der Waals surface area contributed by atoms with Crippen molar-refractivity contribution >= 4 is 29.7 Å². The van der Waals surface area contributed by atoms with Gasteiger partial charge in [-0.2, -0.15) is 0 Å². The maximum Gasteiger partial charge on any atom is 0.326 e. The predicted octanol–water partition coefficient (Wildman–Crippen LogP) is -0.156. The van der Waals surface area contributed by atoms with Crippen molar-refractivity contribution < 1.29 is 34.2 Å². The van der Waals surface area contributed by atoms with Gasteiger partial charge in [0.25, 0.3) is 0 Å². The number of aliphatic carboxylic acids is 2. The zero-order valence-corrected chi connectivity index (χ0v) is 19.1. The Bertz CT molecular complexity index is 690. The zero-order chi connectivity index (χ0) is 24.4. The van der Waals surface area contributed by atoms with E-state index in [-0.39, 0.29) is 30.2 Å². The standard InChI is InChI=1S/C21H36N4O7/c1-11(2)8-14(23-18(28)13-6-5-7-22-13)19(29)24-15(9-12(3)4)20(30)25-16(21(31)32)10-17(26)27/h11-16,22H,5-10H2,1-4H3,(H,23,28)(H,24,29)(H,25,30)(H,26,27)(H,31,32). The lowest BCUT2D eigenvalue weighted by Gasteiger charge is -2.26. The first-order valence-electron chi connectivity index (χ1n) is 11.0. The number of carbonyl (C=O) groups excluding carboxylic acids is 3. The number of amides is 3. The third kappa shape index (κ3) is 9.63. The van der Waals surface area contributed by atoms with Crippen molar-refractivity contribution in [3.05, 3.63) is 0 Å². The molecule has 0 aromatic heterocycles. The van der Waals surface area contributed by atoms with Crippen molar-refractivity contribution in [2.45, 2.75) is 84.0 Å². The molecule has 11 nitrogen and oxygen atoms in total. The second kappa shape index (κ2) is 13.0. The van der Waals surface area contributed by atoms with Crippen LogP contribution in [0.4, 0.5) is 0 Å². The van der Waals surface area contributed by atoms with Crippen LogP contribution in [0.1, 0.15) is 59.8 Å². The van der Waals surface area contributed by atoms with Gasteiger partial charge in [-0.3, -0.25) is 19.2 Å². The van der Waals surface area contributed by atoms with Gasteiger partial charge in [0, 0.05) is 0 Å². The summed E-state index contributed by atoms with van der Waals surface area (Å²) in [5, 5.41) is 28.7. The Kier molecular flexibility index (Phi) is 11.1. The summed E-state index contributed by atoms with van der Waals surface area (Å²) < 4.78 is 0. The summed E-state index contributed by atoms with van der Waals surface area (Å²) in [4.78, 5) is 60.4. The molecular weight excluding hydrogens is 420 g/mol. The molecule has 0 aliphatic carbocycles. The average molecular weight is 457 g/mol. The van der Waals surface area contributed by atoms with Crippen molar-refractivity contribution in [1.29, 1.82) is 0 Å². The van der Waals surface area contributed by atoms with Gasteiger partial charge in [0.1, 0.15) is 18.1 Å². The van der Waals surface area contributed by atoms with Crippen molar-refractivity contribution in [3.8, 4) is 0 Å². The Morgan fingerprint density at radius 3 is 1.75 bits per heavy atom. The van der Waals surface area contributed by atoms with Gasteiger partial charge in [0.05, 0.1) is 12.5 Å². The Balaban J connectivity index is 2.92. The molecule has 6 N–H and O–H groups in total. The molecule has 11 heteroatoms. The van der Waals surface area contributed by atoms with Crippen LogP contribution >= 0.6 is 0 Å². The molecule has 1 heterocycles. The SMILES string of the molecule is CC(C)CC(NC(=O)C(CC(C)C)NC(=O)C1CCCN1)C(=O)NC(CC(=O)O)C(=O)O. The molecule has 4 unspecified atom stereocenters. The van der Waals surface area contributed by atoms with E-state index in [9.17, 15) is 29.1 Å². The fourth-order valence-corrected chi connectivity index (χ4v) is 3.51. The number of carboxylic acid groups (broad SMARTS) is 2. The number of hydrogen-bond acceptors (Lipinski definition) is 6. The van der Waals surface area contributed by atoms with Crippen LogP contribution in [-0.2, 0) is 24.0 Å².